The highest BCUT2D eigenvalue weighted by molar-refractivity contribution is 5.97. The van der Waals surface area contributed by atoms with Crippen molar-refractivity contribution >= 4 is 11.6 Å². The SMILES string of the molecule is CCCc1[nH]nc(-c2ccc(OC)cc2OC)c1NC(=O)C1CCC1. The fourth-order valence-electron chi connectivity index (χ4n) is 3.03. The Morgan fingerprint density at radius 1 is 1.32 bits per heavy atom. The summed E-state index contributed by atoms with van der Waals surface area (Å²) in [5, 5.41) is 10.7. The average Bonchev–Trinajstić information content (AvgIpc) is 2.95. The minimum atomic E-state index is 0.0822. The number of anilines is 1. The maximum Gasteiger partial charge on any atom is 0.227 e. The van der Waals surface area contributed by atoms with Crippen LogP contribution in [0.5, 0.6) is 11.5 Å². The van der Waals surface area contributed by atoms with Crippen LogP contribution in [0.2, 0.25) is 0 Å². The number of nitrogens with zero attached hydrogens (tertiary/aromatic N) is 1. The molecule has 2 N–H and O–H groups in total. The van der Waals surface area contributed by atoms with E-state index in [0.717, 1.165) is 49.0 Å². The van der Waals surface area contributed by atoms with E-state index in [2.05, 4.69) is 22.4 Å². The Bertz CT molecular complexity index is 750. The van der Waals surface area contributed by atoms with E-state index in [-0.39, 0.29) is 11.8 Å². The van der Waals surface area contributed by atoms with Crippen LogP contribution in [-0.2, 0) is 11.2 Å². The standard InChI is InChI=1S/C19H25N3O3/c1-4-6-15-18(20-19(23)12-7-5-8-12)17(22-21-15)14-10-9-13(24-2)11-16(14)25-3/h9-12H,4-8H2,1-3H3,(H,20,23)(H,21,22). The molecule has 3 rings (SSSR count). The Kier molecular flexibility index (Phi) is 5.26. The monoisotopic (exact) mass is 343 g/mol. The lowest BCUT2D eigenvalue weighted by molar-refractivity contribution is -0.122. The van der Waals surface area contributed by atoms with Crippen molar-refractivity contribution in [3.63, 3.8) is 0 Å². The van der Waals surface area contributed by atoms with Gasteiger partial charge in [-0.3, -0.25) is 9.89 Å². The van der Waals surface area contributed by atoms with E-state index in [1.165, 1.54) is 0 Å². The van der Waals surface area contributed by atoms with Crippen molar-refractivity contribution in [3.05, 3.63) is 23.9 Å². The number of nitrogens with one attached hydrogen (secondary N) is 2. The molecule has 1 fully saturated rings. The fraction of sp³-hybridized carbons (Fsp3) is 0.474. The molecule has 1 heterocycles. The summed E-state index contributed by atoms with van der Waals surface area (Å²) in [5.41, 5.74) is 3.24. The van der Waals surface area contributed by atoms with Gasteiger partial charge in [0.15, 0.2) is 0 Å². The Morgan fingerprint density at radius 2 is 2.12 bits per heavy atom. The number of H-pyrrole nitrogens is 1. The first-order valence-corrected chi connectivity index (χ1v) is 8.78. The van der Waals surface area contributed by atoms with Crippen LogP contribution in [0.25, 0.3) is 11.3 Å². The van der Waals surface area contributed by atoms with Gasteiger partial charge in [0.05, 0.1) is 25.6 Å². The van der Waals surface area contributed by atoms with Crippen LogP contribution in [-0.4, -0.2) is 30.3 Å². The van der Waals surface area contributed by atoms with Crippen LogP contribution in [0, 0.1) is 5.92 Å². The lowest BCUT2D eigenvalue weighted by atomic mass is 9.84. The number of methoxy groups -OCH3 is 2. The van der Waals surface area contributed by atoms with Gasteiger partial charge in [0, 0.05) is 17.5 Å². The number of aromatic amines is 1. The van der Waals surface area contributed by atoms with Gasteiger partial charge in [0.25, 0.3) is 0 Å². The minimum Gasteiger partial charge on any atom is -0.497 e. The number of benzene rings is 1. The van der Waals surface area contributed by atoms with Crippen molar-refractivity contribution in [1.29, 1.82) is 0 Å². The molecule has 1 aliphatic carbocycles. The number of aryl methyl sites for hydroxylation is 1. The number of amides is 1. The summed E-state index contributed by atoms with van der Waals surface area (Å²) in [6.45, 7) is 2.10. The van der Waals surface area contributed by atoms with Crippen molar-refractivity contribution in [2.24, 2.45) is 5.92 Å². The first kappa shape index (κ1) is 17.3. The van der Waals surface area contributed by atoms with Crippen molar-refractivity contribution < 1.29 is 14.3 Å². The Labute approximate surface area is 147 Å². The van der Waals surface area contributed by atoms with Gasteiger partial charge in [0.2, 0.25) is 5.91 Å². The van der Waals surface area contributed by atoms with Gasteiger partial charge < -0.3 is 14.8 Å². The van der Waals surface area contributed by atoms with Crippen molar-refractivity contribution in [1.82, 2.24) is 10.2 Å². The lowest BCUT2D eigenvalue weighted by Crippen LogP contribution is -2.28. The molecule has 0 bridgehead atoms. The quantitative estimate of drug-likeness (QED) is 0.802. The summed E-state index contributed by atoms with van der Waals surface area (Å²) in [6.07, 6.45) is 4.85. The van der Waals surface area contributed by atoms with E-state index in [9.17, 15) is 4.79 Å². The molecule has 2 aromatic rings. The molecule has 1 aromatic heterocycles. The summed E-state index contributed by atoms with van der Waals surface area (Å²) in [5.74, 6) is 1.58. The Balaban J connectivity index is 1.99. The number of hydrogen-bond acceptors (Lipinski definition) is 4. The first-order valence-electron chi connectivity index (χ1n) is 8.78. The zero-order chi connectivity index (χ0) is 17.8. The van der Waals surface area contributed by atoms with E-state index >= 15 is 0 Å². The second-order valence-electron chi connectivity index (χ2n) is 6.36. The molecule has 0 saturated heterocycles. The molecule has 0 atom stereocenters. The number of hydrogen-bond donors (Lipinski definition) is 2. The second-order valence-corrected chi connectivity index (χ2v) is 6.36. The smallest absolute Gasteiger partial charge is 0.227 e. The van der Waals surface area contributed by atoms with Gasteiger partial charge in [-0.15, -0.1) is 0 Å². The molecule has 1 amide bonds. The molecule has 0 unspecified atom stereocenters. The number of rotatable bonds is 7. The maximum atomic E-state index is 12.5. The number of carbonyl (C=O) groups is 1. The molecule has 1 aliphatic rings. The van der Waals surface area contributed by atoms with Crippen molar-refractivity contribution in [3.8, 4) is 22.8 Å². The summed E-state index contributed by atoms with van der Waals surface area (Å²) in [4.78, 5) is 12.5. The summed E-state index contributed by atoms with van der Waals surface area (Å²) >= 11 is 0. The van der Waals surface area contributed by atoms with Crippen molar-refractivity contribution in [2.45, 2.75) is 39.0 Å². The van der Waals surface area contributed by atoms with Gasteiger partial charge in [-0.2, -0.15) is 5.10 Å². The molecular weight excluding hydrogens is 318 g/mol. The molecule has 6 nitrogen and oxygen atoms in total. The molecule has 0 radical (unpaired) electrons. The minimum absolute atomic E-state index is 0.0822. The van der Waals surface area contributed by atoms with Gasteiger partial charge in [0.1, 0.15) is 17.2 Å². The summed E-state index contributed by atoms with van der Waals surface area (Å²) < 4.78 is 10.8. The number of carbonyl (C=O) groups excluding carboxylic acids is 1. The highest BCUT2D eigenvalue weighted by Gasteiger charge is 2.28. The molecule has 25 heavy (non-hydrogen) atoms. The molecule has 6 heteroatoms. The summed E-state index contributed by atoms with van der Waals surface area (Å²) in [7, 11) is 3.23. The topological polar surface area (TPSA) is 76.2 Å². The largest absolute Gasteiger partial charge is 0.497 e. The molecule has 0 spiro atoms. The van der Waals surface area contributed by atoms with Gasteiger partial charge in [-0.25, -0.2) is 0 Å². The Hall–Kier alpha value is -2.50. The molecule has 0 aliphatic heterocycles. The molecule has 1 aromatic carbocycles. The lowest BCUT2D eigenvalue weighted by Gasteiger charge is -2.24. The van der Waals surface area contributed by atoms with Gasteiger partial charge in [-0.05, 0) is 31.4 Å². The van der Waals surface area contributed by atoms with Crippen LogP contribution in [0.3, 0.4) is 0 Å². The Morgan fingerprint density at radius 3 is 2.72 bits per heavy atom. The normalized spacial score (nSPS) is 14.0. The second kappa shape index (κ2) is 7.59. The zero-order valence-corrected chi connectivity index (χ0v) is 15.0. The van der Waals surface area contributed by atoms with Crippen LogP contribution < -0.4 is 14.8 Å². The van der Waals surface area contributed by atoms with Crippen LogP contribution in [0.4, 0.5) is 5.69 Å². The highest BCUT2D eigenvalue weighted by atomic mass is 16.5. The van der Waals surface area contributed by atoms with Crippen molar-refractivity contribution in [2.75, 3.05) is 19.5 Å². The predicted molar refractivity (Wildman–Crippen MR) is 97.1 cm³/mol. The van der Waals surface area contributed by atoms with E-state index in [0.29, 0.717) is 17.2 Å². The average molecular weight is 343 g/mol. The third-order valence-corrected chi connectivity index (χ3v) is 4.73. The van der Waals surface area contributed by atoms with Crippen LogP contribution in [0.1, 0.15) is 38.3 Å². The van der Waals surface area contributed by atoms with Crippen LogP contribution in [0.15, 0.2) is 18.2 Å². The fourth-order valence-corrected chi connectivity index (χ4v) is 3.03. The third kappa shape index (κ3) is 3.48. The third-order valence-electron chi connectivity index (χ3n) is 4.73. The van der Waals surface area contributed by atoms with E-state index in [4.69, 9.17) is 9.47 Å². The molecule has 1 saturated carbocycles. The predicted octanol–water partition coefficient (Wildman–Crippen LogP) is 3.79. The number of ether oxygens (including phenoxy) is 2. The van der Waals surface area contributed by atoms with E-state index in [1.807, 2.05) is 18.2 Å². The molecular formula is C19H25N3O3. The summed E-state index contributed by atoms with van der Waals surface area (Å²) in [6, 6.07) is 5.59. The van der Waals surface area contributed by atoms with Gasteiger partial charge in [-0.1, -0.05) is 19.8 Å². The first-order chi connectivity index (χ1) is 12.2. The maximum absolute atomic E-state index is 12.5. The molecule has 134 valence electrons. The highest BCUT2D eigenvalue weighted by Crippen LogP contribution is 2.38. The zero-order valence-electron chi connectivity index (χ0n) is 15.0. The van der Waals surface area contributed by atoms with E-state index in [1.54, 1.807) is 14.2 Å². The number of aromatic nitrogens is 2. The van der Waals surface area contributed by atoms with Gasteiger partial charge >= 0.3 is 0 Å². The van der Waals surface area contributed by atoms with Crippen LogP contribution >= 0.6 is 0 Å². The van der Waals surface area contributed by atoms with E-state index < -0.39 is 0 Å².